The summed E-state index contributed by atoms with van der Waals surface area (Å²) in [5.41, 5.74) is 8.30. The minimum absolute atomic E-state index is 0.0119. The number of anilines is 8. The number of aromatic nitrogens is 4. The normalized spacial score (nSPS) is 18.0. The molecule has 21 nitrogen and oxygen atoms in total. The fraction of sp³-hybridized carbons (Fsp3) is 0.308. The third kappa shape index (κ3) is 12.6. The van der Waals surface area contributed by atoms with E-state index in [1.165, 1.54) is 30.5 Å². The molecule has 6 aromatic rings. The largest absolute Gasteiger partial charge is 0.364 e. The van der Waals surface area contributed by atoms with Crippen molar-refractivity contribution in [1.82, 2.24) is 29.7 Å². The van der Waals surface area contributed by atoms with Crippen LogP contribution in [0.4, 0.5) is 55.6 Å². The number of halogens is 2. The first-order valence-electron chi connectivity index (χ1n) is 24.6. The molecule has 2 atom stereocenters. The Balaban J connectivity index is 0.000000188. The average molecular weight is 1120 g/mol. The van der Waals surface area contributed by atoms with Crippen molar-refractivity contribution in [3.05, 3.63) is 131 Å². The number of urea groups is 2. The van der Waals surface area contributed by atoms with Gasteiger partial charge in [0.15, 0.2) is 42.7 Å². The van der Waals surface area contributed by atoms with Gasteiger partial charge in [-0.25, -0.2) is 46.4 Å². The number of hydrogen-bond donors (Lipinski definition) is 3. The molecule has 10 rings (SSSR count). The molecular formula is C52H54Cl2N14O7S2. The van der Waals surface area contributed by atoms with Crippen LogP contribution in [0.3, 0.4) is 0 Å². The number of nitrogens with two attached hydrogens (primary N) is 1. The van der Waals surface area contributed by atoms with E-state index < -0.39 is 25.6 Å². The fourth-order valence-electron chi connectivity index (χ4n) is 9.73. The van der Waals surface area contributed by atoms with Gasteiger partial charge in [-0.05, 0) is 111 Å². The van der Waals surface area contributed by atoms with Crippen molar-refractivity contribution in [1.29, 1.82) is 5.26 Å². The molecule has 4 N–H and O–H groups in total. The van der Waals surface area contributed by atoms with E-state index in [-0.39, 0.29) is 57.0 Å². The van der Waals surface area contributed by atoms with Crippen molar-refractivity contribution in [2.75, 3.05) is 95.1 Å². The molecule has 4 fully saturated rings. The number of primary amides is 1. The molecular weight excluding hydrogens is 1070 g/mol. The van der Waals surface area contributed by atoms with Crippen LogP contribution in [0.2, 0.25) is 10.0 Å². The second-order valence-corrected chi connectivity index (χ2v) is 23.8. The number of nitriles is 1. The standard InChI is InChI=1S/C26H28ClN7O4S.C26H26ClN7O3S/c1-39(37,38)21-9-7-18(8-10-21)30-25-23(24(28)35)29-15-22(31-25)32-11-3-6-20(16-32)34-13-12-33(26(34)36)19-5-2-4-17(27)14-19;1-38(36,37)22-9-7-19(8-10-22)30-25-23(15-28)29-16-24(31-25)32-11-3-6-21(17-32)34-13-12-33(26(34)35)20-5-2-4-18(27)14-20/h2,4-5,7-10,14-15,20H,3,6,11-13,16H2,1H3,(H2,28,35)(H,30,31);2,4-5,7-10,14,16,21H,3,6,11-13,17H2,1H3,(H,30,31)/t20-;21-/m11/s1. The quantitative estimate of drug-likeness (QED) is 0.102. The molecule has 25 heteroatoms. The zero-order chi connectivity index (χ0) is 54.6. The van der Waals surface area contributed by atoms with Crippen LogP contribution >= 0.6 is 23.2 Å². The molecule has 4 aliphatic rings. The van der Waals surface area contributed by atoms with Gasteiger partial charge in [-0.2, -0.15) is 5.26 Å². The van der Waals surface area contributed by atoms with E-state index in [0.29, 0.717) is 78.9 Å². The Morgan fingerprint density at radius 2 is 1.08 bits per heavy atom. The van der Waals surface area contributed by atoms with E-state index in [9.17, 15) is 36.5 Å². The zero-order valence-electron chi connectivity index (χ0n) is 42.0. The van der Waals surface area contributed by atoms with Crippen molar-refractivity contribution < 1.29 is 31.2 Å². The maximum absolute atomic E-state index is 13.3. The van der Waals surface area contributed by atoms with Crippen molar-refractivity contribution in [3.8, 4) is 6.07 Å². The monoisotopic (exact) mass is 1120 g/mol. The Kier molecular flexibility index (Phi) is 16.0. The second-order valence-electron chi connectivity index (χ2n) is 18.9. The minimum Gasteiger partial charge on any atom is -0.364 e. The summed E-state index contributed by atoms with van der Waals surface area (Å²) in [5.74, 6) is 0.840. The highest BCUT2D eigenvalue weighted by Gasteiger charge is 2.39. The summed E-state index contributed by atoms with van der Waals surface area (Å²) in [6.07, 6.45) is 8.82. The van der Waals surface area contributed by atoms with Gasteiger partial charge in [0.2, 0.25) is 0 Å². The molecule has 2 aromatic heterocycles. The molecule has 77 heavy (non-hydrogen) atoms. The van der Waals surface area contributed by atoms with Gasteiger partial charge in [0.25, 0.3) is 5.91 Å². The van der Waals surface area contributed by atoms with Gasteiger partial charge in [-0.1, -0.05) is 35.3 Å². The highest BCUT2D eigenvalue weighted by Crippen LogP contribution is 2.32. The average Bonchev–Trinajstić information content (AvgIpc) is 4.01. The van der Waals surface area contributed by atoms with E-state index in [1.54, 1.807) is 64.5 Å². The van der Waals surface area contributed by atoms with Gasteiger partial charge in [-0.3, -0.25) is 14.6 Å². The highest BCUT2D eigenvalue weighted by atomic mass is 35.5. The smallest absolute Gasteiger partial charge is 0.324 e. The van der Waals surface area contributed by atoms with Gasteiger partial charge in [0.05, 0.1) is 34.3 Å². The van der Waals surface area contributed by atoms with E-state index in [1.807, 2.05) is 45.0 Å². The van der Waals surface area contributed by atoms with Gasteiger partial charge >= 0.3 is 12.1 Å². The van der Waals surface area contributed by atoms with E-state index in [2.05, 4.69) is 35.5 Å². The van der Waals surface area contributed by atoms with Crippen LogP contribution in [0.5, 0.6) is 0 Å². The molecule has 5 amide bonds. The molecule has 4 aromatic carbocycles. The molecule has 400 valence electrons. The Labute approximate surface area is 456 Å². The number of rotatable bonds is 13. The number of piperidine rings is 2. The number of carbonyl (C=O) groups is 3. The number of nitrogens with one attached hydrogen (secondary N) is 2. The lowest BCUT2D eigenvalue weighted by Gasteiger charge is -2.38. The number of hydrogen-bond acceptors (Lipinski definition) is 16. The van der Waals surface area contributed by atoms with E-state index >= 15 is 0 Å². The summed E-state index contributed by atoms with van der Waals surface area (Å²) in [4.78, 5) is 68.3. The summed E-state index contributed by atoms with van der Waals surface area (Å²) < 4.78 is 47.0. The first-order valence-corrected chi connectivity index (χ1v) is 29.1. The Morgan fingerprint density at radius 1 is 0.636 bits per heavy atom. The molecule has 0 saturated carbocycles. The maximum atomic E-state index is 13.3. The summed E-state index contributed by atoms with van der Waals surface area (Å²) in [7, 11) is -6.66. The number of amides is 5. The van der Waals surface area contributed by atoms with Crippen LogP contribution in [-0.4, -0.2) is 141 Å². The van der Waals surface area contributed by atoms with Crippen molar-refractivity contribution in [2.24, 2.45) is 5.73 Å². The molecule has 0 unspecified atom stereocenters. The van der Waals surface area contributed by atoms with E-state index in [0.717, 1.165) is 56.1 Å². The Morgan fingerprint density at radius 3 is 1.51 bits per heavy atom. The van der Waals surface area contributed by atoms with Crippen LogP contribution < -0.4 is 36.0 Å². The number of sulfone groups is 2. The second kappa shape index (κ2) is 22.8. The third-order valence-corrected chi connectivity index (χ3v) is 16.3. The van der Waals surface area contributed by atoms with Crippen LogP contribution in [0.25, 0.3) is 0 Å². The number of benzene rings is 4. The highest BCUT2D eigenvalue weighted by molar-refractivity contribution is 7.91. The summed E-state index contributed by atoms with van der Waals surface area (Å²) in [5, 5.41) is 16.8. The lowest BCUT2D eigenvalue weighted by atomic mass is 10.0. The predicted octanol–water partition coefficient (Wildman–Crippen LogP) is 7.35. The van der Waals surface area contributed by atoms with Crippen molar-refractivity contribution in [3.63, 3.8) is 0 Å². The maximum Gasteiger partial charge on any atom is 0.324 e. The van der Waals surface area contributed by atoms with Crippen LogP contribution in [0, 0.1) is 11.3 Å². The number of carbonyl (C=O) groups excluding carboxylic acids is 3. The Hall–Kier alpha value is -7.78. The molecule has 0 bridgehead atoms. The summed E-state index contributed by atoms with van der Waals surface area (Å²) in [6, 6.07) is 28.8. The Bertz CT molecular complexity index is 3480. The van der Waals surface area contributed by atoms with Gasteiger partial charge in [0, 0.05) is 97.7 Å². The third-order valence-electron chi connectivity index (χ3n) is 13.6. The number of nitrogens with zero attached hydrogens (tertiary/aromatic N) is 11. The van der Waals surface area contributed by atoms with Crippen molar-refractivity contribution in [2.45, 2.75) is 47.6 Å². The zero-order valence-corrected chi connectivity index (χ0v) is 45.1. The van der Waals surface area contributed by atoms with Gasteiger partial charge in [-0.15, -0.1) is 0 Å². The SMILES string of the molecule is CS(=O)(=O)c1ccc(Nc2nc(N3CCC[C@@H](N4CCN(c5cccc(Cl)c5)C4=O)C3)cnc2C#N)cc1.CS(=O)(=O)c1ccc(Nc2nc(N3CCC[C@@H](N4CCN(c5cccc(Cl)c5)C4=O)C3)cnc2C(N)=O)cc1. The van der Waals surface area contributed by atoms with E-state index in [4.69, 9.17) is 28.9 Å². The minimum atomic E-state index is -3.35. The molecule has 6 heterocycles. The molecule has 0 spiro atoms. The molecule has 0 aliphatic carbocycles. The van der Waals surface area contributed by atoms with Gasteiger partial charge in [0.1, 0.15) is 17.7 Å². The molecule has 4 saturated heterocycles. The topological polar surface area (TPSA) is 264 Å². The first-order chi connectivity index (χ1) is 36.8. The van der Waals surface area contributed by atoms with Crippen LogP contribution in [-0.2, 0) is 19.7 Å². The first kappa shape index (κ1) is 54.0. The predicted molar refractivity (Wildman–Crippen MR) is 295 cm³/mol. The lowest BCUT2D eigenvalue weighted by Crippen LogP contribution is -2.49. The fourth-order valence-corrected chi connectivity index (χ4v) is 11.4. The van der Waals surface area contributed by atoms with Crippen LogP contribution in [0.1, 0.15) is 41.9 Å². The van der Waals surface area contributed by atoms with Crippen LogP contribution in [0.15, 0.2) is 119 Å². The van der Waals surface area contributed by atoms with Gasteiger partial charge < -0.3 is 36.0 Å². The molecule has 4 aliphatic heterocycles. The summed E-state index contributed by atoms with van der Waals surface area (Å²) in [6.45, 7) is 5.02. The van der Waals surface area contributed by atoms with Crippen molar-refractivity contribution >= 4 is 107 Å². The molecule has 0 radical (unpaired) electrons. The summed E-state index contributed by atoms with van der Waals surface area (Å²) >= 11 is 12.3. The lowest BCUT2D eigenvalue weighted by molar-refractivity contribution is 0.0996.